The molecule has 0 aliphatic heterocycles. The highest BCUT2D eigenvalue weighted by Gasteiger charge is 2.14. The zero-order chi connectivity index (χ0) is 22.8. The standard InChI is InChI=1S/C25H24N6OS/c1-3-4-5-22-26-21-11-6-16(2)14-20(21)25(32)31(22)15-17-7-9-18(10-8-17)23-19(12-13-33-23)24-27-29-30-28-24/h6-14H,3-5,15H2,1-2H3,(H,27,28,29,30). The van der Waals surface area contributed by atoms with Crippen molar-refractivity contribution in [3.63, 3.8) is 0 Å². The summed E-state index contributed by atoms with van der Waals surface area (Å²) in [5.74, 6) is 1.50. The summed E-state index contributed by atoms with van der Waals surface area (Å²) in [5, 5.41) is 16.9. The number of unbranched alkanes of at least 4 members (excludes halogenated alkanes) is 1. The fraction of sp³-hybridized carbons (Fsp3) is 0.240. The van der Waals surface area contributed by atoms with E-state index in [0.717, 1.165) is 57.7 Å². The van der Waals surface area contributed by atoms with Gasteiger partial charge in [-0.2, -0.15) is 0 Å². The summed E-state index contributed by atoms with van der Waals surface area (Å²) >= 11 is 1.65. The van der Waals surface area contributed by atoms with Crippen LogP contribution in [0.4, 0.5) is 0 Å². The number of hydrogen-bond donors (Lipinski definition) is 1. The van der Waals surface area contributed by atoms with E-state index in [1.165, 1.54) is 0 Å². The second kappa shape index (κ2) is 9.07. The Bertz CT molecular complexity index is 1450. The molecule has 0 atom stereocenters. The number of nitrogens with zero attached hydrogens (tertiary/aromatic N) is 5. The van der Waals surface area contributed by atoms with E-state index in [9.17, 15) is 4.79 Å². The molecule has 0 saturated carbocycles. The molecule has 8 heteroatoms. The number of aromatic nitrogens is 6. The molecule has 33 heavy (non-hydrogen) atoms. The third-order valence-corrected chi connectivity index (χ3v) is 6.73. The van der Waals surface area contributed by atoms with E-state index in [1.54, 1.807) is 11.3 Å². The van der Waals surface area contributed by atoms with E-state index in [1.807, 2.05) is 41.1 Å². The quantitative estimate of drug-likeness (QED) is 0.372. The van der Waals surface area contributed by atoms with Crippen LogP contribution in [0.5, 0.6) is 0 Å². The van der Waals surface area contributed by atoms with E-state index < -0.39 is 0 Å². The first-order valence-corrected chi connectivity index (χ1v) is 11.9. The Balaban J connectivity index is 1.49. The van der Waals surface area contributed by atoms with E-state index >= 15 is 0 Å². The van der Waals surface area contributed by atoms with Gasteiger partial charge in [-0.25, -0.2) is 10.1 Å². The highest BCUT2D eigenvalue weighted by molar-refractivity contribution is 7.14. The predicted molar refractivity (Wildman–Crippen MR) is 131 cm³/mol. The lowest BCUT2D eigenvalue weighted by atomic mass is 10.1. The van der Waals surface area contributed by atoms with Crippen molar-refractivity contribution in [2.24, 2.45) is 0 Å². The van der Waals surface area contributed by atoms with Gasteiger partial charge in [0.15, 0.2) is 5.82 Å². The molecule has 2 aromatic carbocycles. The van der Waals surface area contributed by atoms with Crippen LogP contribution in [0.1, 0.15) is 36.7 Å². The Labute approximate surface area is 195 Å². The first kappa shape index (κ1) is 21.2. The van der Waals surface area contributed by atoms with Gasteiger partial charge in [-0.05, 0) is 58.5 Å². The summed E-state index contributed by atoms with van der Waals surface area (Å²) in [6.45, 7) is 4.65. The summed E-state index contributed by atoms with van der Waals surface area (Å²) in [7, 11) is 0. The van der Waals surface area contributed by atoms with Crippen molar-refractivity contribution in [2.45, 2.75) is 39.7 Å². The highest BCUT2D eigenvalue weighted by atomic mass is 32.1. The van der Waals surface area contributed by atoms with Crippen molar-refractivity contribution >= 4 is 22.2 Å². The van der Waals surface area contributed by atoms with Crippen LogP contribution in [0.15, 0.2) is 58.7 Å². The smallest absolute Gasteiger partial charge is 0.261 e. The molecule has 3 heterocycles. The van der Waals surface area contributed by atoms with Gasteiger partial charge in [0, 0.05) is 16.9 Å². The first-order valence-electron chi connectivity index (χ1n) is 11.0. The number of nitrogens with one attached hydrogen (secondary N) is 1. The van der Waals surface area contributed by atoms with Crippen molar-refractivity contribution in [1.29, 1.82) is 0 Å². The molecule has 5 rings (SSSR count). The lowest BCUT2D eigenvalue weighted by Gasteiger charge is -2.14. The molecule has 0 fully saturated rings. The highest BCUT2D eigenvalue weighted by Crippen LogP contribution is 2.35. The molecule has 166 valence electrons. The summed E-state index contributed by atoms with van der Waals surface area (Å²) in [4.78, 5) is 19.4. The van der Waals surface area contributed by atoms with Crippen molar-refractivity contribution in [1.82, 2.24) is 30.2 Å². The van der Waals surface area contributed by atoms with Crippen molar-refractivity contribution in [3.8, 4) is 21.8 Å². The van der Waals surface area contributed by atoms with Gasteiger partial charge in [0.05, 0.1) is 17.4 Å². The Kier molecular flexibility index (Phi) is 5.83. The van der Waals surface area contributed by atoms with E-state index in [2.05, 4.69) is 51.8 Å². The fourth-order valence-corrected chi connectivity index (χ4v) is 4.91. The minimum absolute atomic E-state index is 0.0252. The largest absolute Gasteiger partial charge is 0.292 e. The van der Waals surface area contributed by atoms with Crippen molar-refractivity contribution < 1.29 is 0 Å². The first-order chi connectivity index (χ1) is 16.1. The van der Waals surface area contributed by atoms with Gasteiger partial charge < -0.3 is 0 Å². The van der Waals surface area contributed by atoms with Crippen LogP contribution in [0.2, 0.25) is 0 Å². The normalized spacial score (nSPS) is 11.3. The molecule has 1 N–H and O–H groups in total. The van der Waals surface area contributed by atoms with Crippen LogP contribution < -0.4 is 5.56 Å². The summed E-state index contributed by atoms with van der Waals surface area (Å²) in [6, 6.07) is 16.2. The van der Waals surface area contributed by atoms with Gasteiger partial charge in [0.1, 0.15) is 5.82 Å². The Morgan fingerprint density at radius 3 is 2.70 bits per heavy atom. The maximum Gasteiger partial charge on any atom is 0.261 e. The number of rotatable bonds is 7. The predicted octanol–water partition coefficient (Wildman–Crippen LogP) is 5.00. The molecule has 5 aromatic rings. The fourth-order valence-electron chi connectivity index (χ4n) is 4.01. The van der Waals surface area contributed by atoms with Gasteiger partial charge in [-0.1, -0.05) is 49.2 Å². The van der Waals surface area contributed by atoms with Gasteiger partial charge in [0.25, 0.3) is 5.56 Å². The lowest BCUT2D eigenvalue weighted by Crippen LogP contribution is -2.26. The van der Waals surface area contributed by atoms with Crippen LogP contribution >= 0.6 is 11.3 Å². The van der Waals surface area contributed by atoms with Crippen LogP contribution in [0, 0.1) is 6.92 Å². The zero-order valence-corrected chi connectivity index (χ0v) is 19.4. The SMILES string of the molecule is CCCCc1nc2ccc(C)cc2c(=O)n1Cc1ccc(-c2sccc2-c2nnn[nH]2)cc1. The number of benzene rings is 2. The molecule has 0 saturated heterocycles. The number of H-pyrrole nitrogens is 1. The van der Waals surface area contributed by atoms with Crippen LogP contribution in [0.25, 0.3) is 32.7 Å². The lowest BCUT2D eigenvalue weighted by molar-refractivity contribution is 0.646. The number of tetrazole rings is 1. The van der Waals surface area contributed by atoms with Crippen LogP contribution in [0.3, 0.4) is 0 Å². The average Bonchev–Trinajstić information content (AvgIpc) is 3.53. The van der Waals surface area contributed by atoms with E-state index in [0.29, 0.717) is 17.8 Å². The van der Waals surface area contributed by atoms with Crippen LogP contribution in [-0.2, 0) is 13.0 Å². The molecule has 7 nitrogen and oxygen atoms in total. The molecule has 0 amide bonds. The molecule has 0 aliphatic rings. The summed E-state index contributed by atoms with van der Waals surface area (Å²) < 4.78 is 1.84. The second-order valence-electron chi connectivity index (χ2n) is 8.15. The van der Waals surface area contributed by atoms with Gasteiger partial charge in [-0.3, -0.25) is 9.36 Å². The average molecular weight is 457 g/mol. The molecule has 0 bridgehead atoms. The Hall–Kier alpha value is -3.65. The molecular weight excluding hydrogens is 432 g/mol. The molecular formula is C25H24N6OS. The van der Waals surface area contributed by atoms with Crippen LogP contribution in [-0.4, -0.2) is 30.2 Å². The van der Waals surface area contributed by atoms with E-state index in [4.69, 9.17) is 4.98 Å². The van der Waals surface area contributed by atoms with E-state index in [-0.39, 0.29) is 5.56 Å². The molecule has 0 aliphatic carbocycles. The third-order valence-electron chi connectivity index (χ3n) is 5.77. The summed E-state index contributed by atoms with van der Waals surface area (Å²) in [6.07, 6.45) is 2.85. The molecule has 3 aromatic heterocycles. The molecule has 0 radical (unpaired) electrons. The topological polar surface area (TPSA) is 89.3 Å². The molecule has 0 unspecified atom stereocenters. The van der Waals surface area contributed by atoms with Crippen molar-refractivity contribution in [3.05, 3.63) is 81.2 Å². The Morgan fingerprint density at radius 2 is 1.94 bits per heavy atom. The number of hydrogen-bond acceptors (Lipinski definition) is 6. The monoisotopic (exact) mass is 456 g/mol. The maximum atomic E-state index is 13.4. The van der Waals surface area contributed by atoms with Gasteiger partial charge in [-0.15, -0.1) is 16.4 Å². The van der Waals surface area contributed by atoms with Crippen molar-refractivity contribution in [2.75, 3.05) is 0 Å². The number of aromatic amines is 1. The van der Waals surface area contributed by atoms with Gasteiger partial charge >= 0.3 is 0 Å². The summed E-state index contributed by atoms with van der Waals surface area (Å²) in [5.41, 5.74) is 4.99. The minimum Gasteiger partial charge on any atom is -0.292 e. The molecule has 0 spiro atoms. The maximum absolute atomic E-state index is 13.4. The van der Waals surface area contributed by atoms with Gasteiger partial charge in [0.2, 0.25) is 0 Å². The minimum atomic E-state index is 0.0252. The number of aryl methyl sites for hydroxylation is 2. The second-order valence-corrected chi connectivity index (χ2v) is 9.07. The number of thiophene rings is 1. The Morgan fingerprint density at radius 1 is 1.09 bits per heavy atom. The number of fused-ring (bicyclic) bond motifs is 1. The zero-order valence-electron chi connectivity index (χ0n) is 18.6. The third kappa shape index (κ3) is 4.21.